The monoisotopic (exact) mass is 192 g/mol. The summed E-state index contributed by atoms with van der Waals surface area (Å²) in [5.74, 6) is 1.83. The number of hydrogen-bond acceptors (Lipinski definition) is 1. The molecule has 0 saturated carbocycles. The van der Waals surface area contributed by atoms with E-state index in [4.69, 9.17) is 0 Å². The summed E-state index contributed by atoms with van der Waals surface area (Å²) < 4.78 is 0. The molecule has 0 aromatic heterocycles. The van der Waals surface area contributed by atoms with Crippen molar-refractivity contribution in [2.75, 3.05) is 0 Å². The van der Waals surface area contributed by atoms with Crippen LogP contribution in [0, 0.1) is 17.8 Å². The van der Waals surface area contributed by atoms with E-state index in [0.717, 1.165) is 0 Å². The number of rotatable bonds is 2. The van der Waals surface area contributed by atoms with Crippen molar-refractivity contribution < 1.29 is 5.11 Å². The summed E-state index contributed by atoms with van der Waals surface area (Å²) in [5.41, 5.74) is 1.42. The third-order valence-electron chi connectivity index (χ3n) is 2.90. The highest BCUT2D eigenvalue weighted by Gasteiger charge is 2.14. The minimum Gasteiger partial charge on any atom is -0.508 e. The van der Waals surface area contributed by atoms with Gasteiger partial charge in [-0.3, -0.25) is 0 Å². The molecule has 1 unspecified atom stereocenters. The third kappa shape index (κ3) is 2.76. The normalized spacial score (nSPS) is 28.1. The zero-order valence-corrected chi connectivity index (χ0v) is 9.49. The van der Waals surface area contributed by atoms with Gasteiger partial charge in [-0.05, 0) is 30.9 Å². The van der Waals surface area contributed by atoms with Crippen molar-refractivity contribution in [1.29, 1.82) is 0 Å². The van der Waals surface area contributed by atoms with Crippen molar-refractivity contribution >= 4 is 0 Å². The van der Waals surface area contributed by atoms with E-state index in [1.165, 1.54) is 5.57 Å². The van der Waals surface area contributed by atoms with Gasteiger partial charge in [-0.25, -0.2) is 0 Å². The maximum absolute atomic E-state index is 9.29. The average molecular weight is 192 g/mol. The van der Waals surface area contributed by atoms with E-state index in [9.17, 15) is 5.11 Å². The molecule has 1 N–H and O–H groups in total. The summed E-state index contributed by atoms with van der Waals surface area (Å²) in [6.07, 6.45) is 8.07. The fraction of sp³-hybridized carbons (Fsp3) is 0.538. The van der Waals surface area contributed by atoms with E-state index in [1.54, 1.807) is 6.08 Å². The zero-order valence-electron chi connectivity index (χ0n) is 9.49. The van der Waals surface area contributed by atoms with Crippen LogP contribution in [0.25, 0.3) is 0 Å². The lowest BCUT2D eigenvalue weighted by atomic mass is 9.86. The number of allylic oxidation sites excluding steroid dienone is 5. The van der Waals surface area contributed by atoms with Crippen molar-refractivity contribution in [2.45, 2.75) is 27.7 Å². The zero-order chi connectivity index (χ0) is 10.7. The van der Waals surface area contributed by atoms with Gasteiger partial charge in [-0.15, -0.1) is 0 Å². The lowest BCUT2D eigenvalue weighted by Crippen LogP contribution is -2.09. The molecule has 1 aliphatic rings. The SMILES string of the molecule is C/C(=C\[C@@H]1C=CC(O)=CC1C)C(C)C. The minimum absolute atomic E-state index is 0.393. The molecular formula is C13H20O. The van der Waals surface area contributed by atoms with Crippen LogP contribution in [0.1, 0.15) is 27.7 Å². The van der Waals surface area contributed by atoms with Crippen LogP contribution in [-0.4, -0.2) is 5.11 Å². The lowest BCUT2D eigenvalue weighted by Gasteiger charge is -2.19. The number of hydrogen-bond donors (Lipinski definition) is 1. The number of aliphatic hydroxyl groups excluding tert-OH is 1. The molecule has 1 aliphatic carbocycles. The van der Waals surface area contributed by atoms with E-state index >= 15 is 0 Å². The van der Waals surface area contributed by atoms with Gasteiger partial charge in [0.15, 0.2) is 0 Å². The molecule has 1 nitrogen and oxygen atoms in total. The Morgan fingerprint density at radius 3 is 2.64 bits per heavy atom. The Kier molecular flexibility index (Phi) is 3.56. The standard InChI is InChI=1S/C13H20O/c1-9(2)10(3)7-12-5-6-13(14)8-11(12)4/h5-9,11-12,14H,1-4H3/b10-7+/t11?,12-/m0/s1. The summed E-state index contributed by atoms with van der Waals surface area (Å²) >= 11 is 0. The van der Waals surface area contributed by atoms with Crippen LogP contribution in [-0.2, 0) is 0 Å². The molecule has 0 spiro atoms. The van der Waals surface area contributed by atoms with Crippen LogP contribution in [0.15, 0.2) is 35.6 Å². The van der Waals surface area contributed by atoms with Crippen molar-refractivity contribution in [3.05, 3.63) is 35.6 Å². The highest BCUT2D eigenvalue weighted by atomic mass is 16.3. The topological polar surface area (TPSA) is 20.2 Å². The fourth-order valence-corrected chi connectivity index (χ4v) is 1.52. The van der Waals surface area contributed by atoms with Gasteiger partial charge in [-0.2, -0.15) is 0 Å². The van der Waals surface area contributed by atoms with Crippen molar-refractivity contribution in [3.63, 3.8) is 0 Å². The molecule has 1 rings (SSSR count). The second-order valence-corrected chi connectivity index (χ2v) is 4.45. The van der Waals surface area contributed by atoms with Gasteiger partial charge >= 0.3 is 0 Å². The first-order valence-electron chi connectivity index (χ1n) is 5.28. The minimum atomic E-state index is 0.393. The molecule has 0 saturated heterocycles. The highest BCUT2D eigenvalue weighted by Crippen LogP contribution is 2.25. The number of aliphatic hydroxyl groups is 1. The maximum atomic E-state index is 9.29. The Balaban J connectivity index is 2.73. The molecule has 0 fully saturated rings. The first kappa shape index (κ1) is 11.1. The Morgan fingerprint density at radius 2 is 2.14 bits per heavy atom. The van der Waals surface area contributed by atoms with Crippen molar-refractivity contribution in [1.82, 2.24) is 0 Å². The van der Waals surface area contributed by atoms with E-state index in [2.05, 4.69) is 39.8 Å². The summed E-state index contributed by atoms with van der Waals surface area (Å²) in [6, 6.07) is 0. The molecule has 78 valence electrons. The van der Waals surface area contributed by atoms with Crippen molar-refractivity contribution in [2.24, 2.45) is 17.8 Å². The lowest BCUT2D eigenvalue weighted by molar-refractivity contribution is 0.411. The largest absolute Gasteiger partial charge is 0.508 e. The maximum Gasteiger partial charge on any atom is 0.111 e. The van der Waals surface area contributed by atoms with Crippen LogP contribution >= 0.6 is 0 Å². The van der Waals surface area contributed by atoms with Gasteiger partial charge in [0.05, 0.1) is 0 Å². The van der Waals surface area contributed by atoms with E-state index < -0.39 is 0 Å². The van der Waals surface area contributed by atoms with Crippen LogP contribution in [0.4, 0.5) is 0 Å². The molecule has 0 amide bonds. The average Bonchev–Trinajstić information content (AvgIpc) is 2.09. The summed E-state index contributed by atoms with van der Waals surface area (Å²) in [5, 5.41) is 9.29. The molecule has 14 heavy (non-hydrogen) atoms. The molecule has 0 aromatic carbocycles. The Labute approximate surface area is 86.8 Å². The molecule has 0 aliphatic heterocycles. The first-order valence-corrected chi connectivity index (χ1v) is 5.28. The molecule has 2 atom stereocenters. The quantitative estimate of drug-likeness (QED) is 0.659. The summed E-state index contributed by atoms with van der Waals surface area (Å²) in [4.78, 5) is 0. The van der Waals surface area contributed by atoms with Crippen LogP contribution in [0.3, 0.4) is 0 Å². The van der Waals surface area contributed by atoms with Gasteiger partial charge in [-0.1, -0.05) is 38.5 Å². The molecule has 0 radical (unpaired) electrons. The van der Waals surface area contributed by atoms with Gasteiger partial charge in [0.1, 0.15) is 5.76 Å². The fourth-order valence-electron chi connectivity index (χ4n) is 1.52. The Hall–Kier alpha value is -0.980. The van der Waals surface area contributed by atoms with Gasteiger partial charge in [0.2, 0.25) is 0 Å². The molecular weight excluding hydrogens is 172 g/mol. The van der Waals surface area contributed by atoms with E-state index in [-0.39, 0.29) is 0 Å². The van der Waals surface area contributed by atoms with Gasteiger partial charge in [0, 0.05) is 5.92 Å². The summed E-state index contributed by atoms with van der Waals surface area (Å²) in [6.45, 7) is 8.71. The van der Waals surface area contributed by atoms with Gasteiger partial charge < -0.3 is 5.11 Å². The van der Waals surface area contributed by atoms with Gasteiger partial charge in [0.25, 0.3) is 0 Å². The van der Waals surface area contributed by atoms with E-state index in [1.807, 2.05) is 6.08 Å². The third-order valence-corrected chi connectivity index (χ3v) is 2.90. The predicted octanol–water partition coefficient (Wildman–Crippen LogP) is 3.85. The molecule has 0 aromatic rings. The molecule has 0 heterocycles. The molecule has 1 heteroatoms. The summed E-state index contributed by atoms with van der Waals surface area (Å²) in [7, 11) is 0. The van der Waals surface area contributed by atoms with Crippen LogP contribution < -0.4 is 0 Å². The predicted molar refractivity (Wildman–Crippen MR) is 61.1 cm³/mol. The van der Waals surface area contributed by atoms with Crippen molar-refractivity contribution in [3.8, 4) is 0 Å². The van der Waals surface area contributed by atoms with E-state index in [0.29, 0.717) is 23.5 Å². The van der Waals surface area contributed by atoms with Crippen LogP contribution in [0.5, 0.6) is 0 Å². The van der Waals surface area contributed by atoms with Crippen LogP contribution in [0.2, 0.25) is 0 Å². The Bertz CT molecular complexity index is 282. The smallest absolute Gasteiger partial charge is 0.111 e. The second-order valence-electron chi connectivity index (χ2n) is 4.45. The molecule has 0 bridgehead atoms. The highest BCUT2D eigenvalue weighted by molar-refractivity contribution is 5.23. The Morgan fingerprint density at radius 1 is 1.50 bits per heavy atom. The second kappa shape index (κ2) is 4.50. The first-order chi connectivity index (χ1) is 6.50.